The monoisotopic (exact) mass is 503 g/mol. The predicted octanol–water partition coefficient (Wildman–Crippen LogP) is 3.49. The van der Waals surface area contributed by atoms with E-state index in [0.717, 1.165) is 36.9 Å². The maximum Gasteiger partial charge on any atom is 0.471 e. The molecule has 1 aliphatic rings. The van der Waals surface area contributed by atoms with Crippen LogP contribution in [0.5, 0.6) is 0 Å². The Labute approximate surface area is 202 Å². The van der Waals surface area contributed by atoms with Gasteiger partial charge in [-0.05, 0) is 31.3 Å². The van der Waals surface area contributed by atoms with Gasteiger partial charge in [0.15, 0.2) is 17.5 Å². The molecule has 0 unspecified atom stereocenters. The minimum atomic E-state index is -4.69. The molecule has 0 radical (unpaired) electrons. The molecule has 14 heteroatoms. The van der Waals surface area contributed by atoms with Crippen LogP contribution < -0.4 is 9.80 Å². The van der Waals surface area contributed by atoms with Gasteiger partial charge in [-0.2, -0.15) is 18.2 Å². The SMILES string of the molecule is CN1CCN(c2ccc(N(Cc3ccc(-c4noc(C(F)(F)F)n4)s3)c3cnccn3)nn2)CC1. The van der Waals surface area contributed by atoms with Gasteiger partial charge in [0, 0.05) is 43.4 Å². The smallest absolute Gasteiger partial charge is 0.353 e. The molecule has 0 aliphatic carbocycles. The van der Waals surface area contributed by atoms with Crippen LogP contribution in [0.4, 0.5) is 30.6 Å². The highest BCUT2D eigenvalue weighted by atomic mass is 32.1. The van der Waals surface area contributed by atoms with Crippen LogP contribution in [0.1, 0.15) is 10.8 Å². The number of likely N-dealkylation sites (N-methyl/N-ethyl adjacent to an activating group) is 1. The molecule has 0 bridgehead atoms. The molecule has 0 saturated carbocycles. The largest absolute Gasteiger partial charge is 0.471 e. The van der Waals surface area contributed by atoms with Crippen molar-refractivity contribution in [2.45, 2.75) is 12.7 Å². The fourth-order valence-corrected chi connectivity index (χ4v) is 4.48. The molecule has 4 aromatic heterocycles. The topological polar surface area (TPSA) is 100 Å². The first-order valence-electron chi connectivity index (χ1n) is 10.7. The van der Waals surface area contributed by atoms with Crippen molar-refractivity contribution in [1.29, 1.82) is 0 Å². The van der Waals surface area contributed by atoms with Gasteiger partial charge in [0.25, 0.3) is 0 Å². The summed E-state index contributed by atoms with van der Waals surface area (Å²) in [6, 6.07) is 7.24. The third-order valence-corrected chi connectivity index (χ3v) is 6.50. The van der Waals surface area contributed by atoms with Gasteiger partial charge in [-0.15, -0.1) is 21.5 Å². The fourth-order valence-electron chi connectivity index (χ4n) is 3.55. The van der Waals surface area contributed by atoms with Crippen molar-refractivity contribution in [3.05, 3.63) is 53.6 Å². The average Bonchev–Trinajstić information content (AvgIpc) is 3.54. The Bertz CT molecular complexity index is 1260. The predicted molar refractivity (Wildman–Crippen MR) is 122 cm³/mol. The molecule has 0 amide bonds. The first-order chi connectivity index (χ1) is 16.9. The van der Waals surface area contributed by atoms with E-state index in [0.29, 0.717) is 23.1 Å². The molecule has 0 aromatic carbocycles. The second kappa shape index (κ2) is 9.54. The van der Waals surface area contributed by atoms with E-state index >= 15 is 0 Å². The van der Waals surface area contributed by atoms with Crippen LogP contribution in [-0.2, 0) is 12.7 Å². The van der Waals surface area contributed by atoms with E-state index in [1.807, 2.05) is 17.0 Å². The van der Waals surface area contributed by atoms with Gasteiger partial charge < -0.3 is 19.2 Å². The lowest BCUT2D eigenvalue weighted by Crippen LogP contribution is -2.44. The summed E-state index contributed by atoms with van der Waals surface area (Å²) in [5, 5.41) is 12.3. The van der Waals surface area contributed by atoms with Crippen molar-refractivity contribution in [2.24, 2.45) is 0 Å². The third-order valence-electron chi connectivity index (χ3n) is 5.43. The fraction of sp³-hybridized carbons (Fsp3) is 0.333. The summed E-state index contributed by atoms with van der Waals surface area (Å²) in [5.74, 6) is 0.437. The van der Waals surface area contributed by atoms with Crippen molar-refractivity contribution in [3.63, 3.8) is 0 Å². The summed E-state index contributed by atoms with van der Waals surface area (Å²) in [5.41, 5.74) is 0. The van der Waals surface area contributed by atoms with Gasteiger partial charge in [0.2, 0.25) is 5.82 Å². The van der Waals surface area contributed by atoms with Crippen molar-refractivity contribution in [1.82, 2.24) is 35.2 Å². The highest BCUT2D eigenvalue weighted by Crippen LogP contribution is 2.33. The second-order valence-electron chi connectivity index (χ2n) is 7.88. The van der Waals surface area contributed by atoms with Crippen LogP contribution in [0.2, 0.25) is 0 Å². The van der Waals surface area contributed by atoms with Crippen LogP contribution in [0.15, 0.2) is 47.4 Å². The summed E-state index contributed by atoms with van der Waals surface area (Å²) in [6.45, 7) is 4.02. The lowest BCUT2D eigenvalue weighted by molar-refractivity contribution is -0.159. The summed E-state index contributed by atoms with van der Waals surface area (Å²) in [4.78, 5) is 19.6. The summed E-state index contributed by atoms with van der Waals surface area (Å²) >= 11 is 1.25. The molecule has 1 fully saturated rings. The van der Waals surface area contributed by atoms with Crippen LogP contribution in [0.3, 0.4) is 0 Å². The molecule has 0 spiro atoms. The van der Waals surface area contributed by atoms with Crippen LogP contribution >= 0.6 is 11.3 Å². The van der Waals surface area contributed by atoms with Crippen LogP contribution in [-0.4, -0.2) is 68.4 Å². The molecular formula is C21H20F3N9OS. The lowest BCUT2D eigenvalue weighted by Gasteiger charge is -2.33. The van der Waals surface area contributed by atoms with E-state index in [4.69, 9.17) is 0 Å². The molecule has 1 aliphatic heterocycles. The number of rotatable bonds is 6. The number of hydrogen-bond acceptors (Lipinski definition) is 11. The molecule has 5 rings (SSSR count). The first-order valence-corrected chi connectivity index (χ1v) is 11.5. The van der Waals surface area contributed by atoms with E-state index in [9.17, 15) is 13.2 Å². The van der Waals surface area contributed by atoms with E-state index in [-0.39, 0.29) is 5.82 Å². The summed E-state index contributed by atoms with van der Waals surface area (Å²) in [7, 11) is 2.09. The van der Waals surface area contributed by atoms with Gasteiger partial charge in [0.1, 0.15) is 0 Å². The van der Waals surface area contributed by atoms with Crippen molar-refractivity contribution in [2.75, 3.05) is 43.0 Å². The number of aromatic nitrogens is 6. The molecule has 0 N–H and O–H groups in total. The first kappa shape index (κ1) is 23.1. The molecule has 1 saturated heterocycles. The number of alkyl halides is 3. The van der Waals surface area contributed by atoms with Crippen LogP contribution in [0.25, 0.3) is 10.7 Å². The Hall–Kier alpha value is -3.65. The minimum Gasteiger partial charge on any atom is -0.353 e. The molecule has 35 heavy (non-hydrogen) atoms. The zero-order chi connectivity index (χ0) is 24.4. The van der Waals surface area contributed by atoms with E-state index in [1.54, 1.807) is 30.7 Å². The maximum atomic E-state index is 12.8. The molecule has 4 aromatic rings. The minimum absolute atomic E-state index is 0.115. The zero-order valence-corrected chi connectivity index (χ0v) is 19.4. The molecule has 182 valence electrons. The quantitative estimate of drug-likeness (QED) is 0.389. The standard InChI is InChI=1S/C21H20F3N9OS/c1-31-8-10-32(11-9-31)16-4-5-17(29-28-16)33(18-12-25-6-7-26-18)13-14-2-3-15(35-14)19-27-20(34-30-19)21(22,23)24/h2-7,12H,8-11,13H2,1H3. The van der Waals surface area contributed by atoms with Crippen molar-refractivity contribution >= 4 is 28.8 Å². The summed E-state index contributed by atoms with van der Waals surface area (Å²) < 4.78 is 42.8. The molecule has 10 nitrogen and oxygen atoms in total. The lowest BCUT2D eigenvalue weighted by atomic mass is 10.3. The second-order valence-corrected chi connectivity index (χ2v) is 9.04. The Morgan fingerprint density at radius 1 is 1.03 bits per heavy atom. The third kappa shape index (κ3) is 5.22. The molecule has 0 atom stereocenters. The van der Waals surface area contributed by atoms with E-state index < -0.39 is 12.1 Å². The van der Waals surface area contributed by atoms with Gasteiger partial charge >= 0.3 is 12.1 Å². The zero-order valence-electron chi connectivity index (χ0n) is 18.6. The Morgan fingerprint density at radius 2 is 1.86 bits per heavy atom. The van der Waals surface area contributed by atoms with Crippen LogP contribution in [0, 0.1) is 0 Å². The van der Waals surface area contributed by atoms with Gasteiger partial charge in [-0.25, -0.2) is 4.98 Å². The number of thiophene rings is 1. The normalized spacial score (nSPS) is 14.9. The number of halogens is 3. The highest BCUT2D eigenvalue weighted by molar-refractivity contribution is 7.15. The Balaban J connectivity index is 1.38. The van der Waals surface area contributed by atoms with Crippen molar-refractivity contribution in [3.8, 4) is 10.7 Å². The average molecular weight is 504 g/mol. The highest BCUT2D eigenvalue weighted by Gasteiger charge is 2.38. The summed E-state index contributed by atoms with van der Waals surface area (Å²) in [6.07, 6.45) is 0.0657. The Kier molecular flexibility index (Phi) is 6.30. The maximum absolute atomic E-state index is 12.8. The Morgan fingerprint density at radius 3 is 2.51 bits per heavy atom. The van der Waals surface area contributed by atoms with Gasteiger partial charge in [0.05, 0.1) is 17.6 Å². The van der Waals surface area contributed by atoms with Gasteiger partial charge in [-0.1, -0.05) is 5.16 Å². The van der Waals surface area contributed by atoms with Crippen molar-refractivity contribution < 1.29 is 17.7 Å². The van der Waals surface area contributed by atoms with E-state index in [2.05, 4.69) is 51.7 Å². The number of hydrogen-bond donors (Lipinski definition) is 0. The molecule has 5 heterocycles. The number of nitrogens with zero attached hydrogens (tertiary/aromatic N) is 9. The number of piperazine rings is 1. The van der Waals surface area contributed by atoms with E-state index in [1.165, 1.54) is 11.3 Å². The number of anilines is 3. The van der Waals surface area contributed by atoms with Gasteiger partial charge in [-0.3, -0.25) is 4.98 Å². The molecular weight excluding hydrogens is 483 g/mol.